The number of ether oxygens (including phenoxy) is 4. The molecule has 0 bridgehead atoms. The smallest absolute Gasteiger partial charge is 0.271 e. The highest BCUT2D eigenvalue weighted by Crippen LogP contribution is 2.28. The van der Waals surface area contributed by atoms with Crippen LogP contribution in [0.4, 0.5) is 0 Å². The molecular formula is C21H24N2O5. The number of nitrogens with zero attached hydrogens (tertiary/aromatic N) is 1. The van der Waals surface area contributed by atoms with Crippen LogP contribution < -0.4 is 24.4 Å². The highest BCUT2D eigenvalue weighted by atomic mass is 16.5. The number of hydrazone groups is 1. The Balaban J connectivity index is 2.10. The summed E-state index contributed by atoms with van der Waals surface area (Å²) in [7, 11) is 3.04. The van der Waals surface area contributed by atoms with Crippen molar-refractivity contribution in [1.29, 1.82) is 0 Å². The standard InChI is InChI=1S/C21H24N2O5/c1-5-9-28-19-8-7-15(10-20(19)27-6-2)14-22-23-21(24)16-11-17(25-3)13-18(12-16)26-4/h5,7-8,10-14H,1,6,9H2,2-4H3,(H,23,24)/b22-14-. The van der Waals surface area contributed by atoms with Crippen molar-refractivity contribution in [3.8, 4) is 23.0 Å². The van der Waals surface area contributed by atoms with Crippen molar-refractivity contribution in [2.75, 3.05) is 27.4 Å². The molecule has 0 aromatic heterocycles. The topological polar surface area (TPSA) is 78.4 Å². The van der Waals surface area contributed by atoms with Gasteiger partial charge in [-0.15, -0.1) is 0 Å². The molecule has 0 saturated heterocycles. The summed E-state index contributed by atoms with van der Waals surface area (Å²) in [6.07, 6.45) is 3.18. The number of methoxy groups -OCH3 is 2. The molecule has 28 heavy (non-hydrogen) atoms. The molecule has 0 aliphatic heterocycles. The molecule has 7 nitrogen and oxygen atoms in total. The lowest BCUT2D eigenvalue weighted by atomic mass is 10.2. The van der Waals surface area contributed by atoms with Gasteiger partial charge in [0.25, 0.3) is 5.91 Å². The second-order valence-corrected chi connectivity index (χ2v) is 5.54. The molecule has 0 aliphatic rings. The Morgan fingerprint density at radius 2 is 1.79 bits per heavy atom. The summed E-state index contributed by atoms with van der Waals surface area (Å²) >= 11 is 0. The minimum absolute atomic E-state index is 0.372. The molecule has 2 rings (SSSR count). The SMILES string of the molecule is C=CCOc1ccc(/C=N\NC(=O)c2cc(OC)cc(OC)c2)cc1OCC. The van der Waals surface area contributed by atoms with Crippen LogP contribution in [0.2, 0.25) is 0 Å². The van der Waals surface area contributed by atoms with Crippen molar-refractivity contribution < 1.29 is 23.7 Å². The van der Waals surface area contributed by atoms with Crippen LogP contribution in [0.3, 0.4) is 0 Å². The van der Waals surface area contributed by atoms with Gasteiger partial charge in [0, 0.05) is 11.6 Å². The van der Waals surface area contributed by atoms with Crippen molar-refractivity contribution >= 4 is 12.1 Å². The molecule has 0 fully saturated rings. The van der Waals surface area contributed by atoms with E-state index < -0.39 is 0 Å². The lowest BCUT2D eigenvalue weighted by Gasteiger charge is -2.11. The zero-order valence-corrected chi connectivity index (χ0v) is 16.2. The van der Waals surface area contributed by atoms with Crippen LogP contribution in [0, 0.1) is 0 Å². The van der Waals surface area contributed by atoms with Gasteiger partial charge in [-0.2, -0.15) is 5.10 Å². The van der Waals surface area contributed by atoms with Gasteiger partial charge in [-0.25, -0.2) is 5.43 Å². The molecule has 1 amide bonds. The van der Waals surface area contributed by atoms with Crippen molar-refractivity contribution in [2.24, 2.45) is 5.10 Å². The Labute approximate surface area is 164 Å². The van der Waals surface area contributed by atoms with E-state index in [9.17, 15) is 4.79 Å². The van der Waals surface area contributed by atoms with Gasteiger partial charge in [-0.05, 0) is 42.8 Å². The van der Waals surface area contributed by atoms with Crippen molar-refractivity contribution in [3.05, 3.63) is 60.2 Å². The summed E-state index contributed by atoms with van der Waals surface area (Å²) in [5.41, 5.74) is 3.60. The monoisotopic (exact) mass is 384 g/mol. The summed E-state index contributed by atoms with van der Waals surface area (Å²) in [4.78, 5) is 12.3. The first kappa shape index (κ1) is 20.8. The first-order chi connectivity index (χ1) is 13.6. The second kappa shape index (κ2) is 10.6. The number of nitrogens with one attached hydrogen (secondary N) is 1. The second-order valence-electron chi connectivity index (χ2n) is 5.54. The van der Waals surface area contributed by atoms with Crippen LogP contribution in [0.5, 0.6) is 23.0 Å². The van der Waals surface area contributed by atoms with Gasteiger partial charge in [0.2, 0.25) is 0 Å². The number of benzene rings is 2. The number of hydrogen-bond donors (Lipinski definition) is 1. The van der Waals surface area contributed by atoms with E-state index in [2.05, 4.69) is 17.1 Å². The number of rotatable bonds is 10. The summed E-state index contributed by atoms with van der Waals surface area (Å²) < 4.78 is 21.5. The molecule has 0 heterocycles. The molecule has 0 radical (unpaired) electrons. The third-order valence-corrected chi connectivity index (χ3v) is 3.62. The molecule has 0 saturated carbocycles. The minimum atomic E-state index is -0.385. The molecule has 0 aliphatic carbocycles. The van der Waals surface area contributed by atoms with E-state index >= 15 is 0 Å². The third-order valence-electron chi connectivity index (χ3n) is 3.62. The van der Waals surface area contributed by atoms with Gasteiger partial charge < -0.3 is 18.9 Å². The van der Waals surface area contributed by atoms with Crippen LogP contribution in [0.1, 0.15) is 22.8 Å². The molecule has 1 N–H and O–H groups in total. The van der Waals surface area contributed by atoms with E-state index in [-0.39, 0.29) is 5.91 Å². The van der Waals surface area contributed by atoms with E-state index in [4.69, 9.17) is 18.9 Å². The first-order valence-electron chi connectivity index (χ1n) is 8.68. The van der Waals surface area contributed by atoms with Crippen LogP contribution in [0.25, 0.3) is 0 Å². The van der Waals surface area contributed by atoms with Crippen molar-refractivity contribution in [1.82, 2.24) is 5.43 Å². The maximum absolute atomic E-state index is 12.3. The Hall–Kier alpha value is -3.48. The number of carbonyl (C=O) groups excluding carboxylic acids is 1. The number of hydrogen-bond acceptors (Lipinski definition) is 6. The molecule has 148 valence electrons. The third kappa shape index (κ3) is 5.77. The van der Waals surface area contributed by atoms with Gasteiger partial charge in [0.1, 0.15) is 18.1 Å². The normalized spacial score (nSPS) is 10.4. The molecular weight excluding hydrogens is 360 g/mol. The lowest BCUT2D eigenvalue weighted by molar-refractivity contribution is 0.0954. The fourth-order valence-corrected chi connectivity index (χ4v) is 2.31. The van der Waals surface area contributed by atoms with Crippen LogP contribution in [0.15, 0.2) is 54.2 Å². The molecule has 2 aromatic carbocycles. The molecule has 0 atom stereocenters. The zero-order chi connectivity index (χ0) is 20.4. The highest BCUT2D eigenvalue weighted by Gasteiger charge is 2.09. The van der Waals surface area contributed by atoms with E-state index in [1.54, 1.807) is 36.4 Å². The Bertz CT molecular complexity index is 826. The summed E-state index contributed by atoms with van der Waals surface area (Å²) in [5.74, 6) is 1.86. The Morgan fingerprint density at radius 3 is 2.39 bits per heavy atom. The van der Waals surface area contributed by atoms with E-state index in [1.807, 2.05) is 13.0 Å². The fourth-order valence-electron chi connectivity index (χ4n) is 2.31. The molecule has 0 spiro atoms. The first-order valence-corrected chi connectivity index (χ1v) is 8.68. The van der Waals surface area contributed by atoms with Gasteiger partial charge in [-0.3, -0.25) is 4.79 Å². The highest BCUT2D eigenvalue weighted by molar-refractivity contribution is 5.95. The summed E-state index contributed by atoms with van der Waals surface area (Å²) in [6.45, 7) is 6.40. The van der Waals surface area contributed by atoms with E-state index in [1.165, 1.54) is 20.4 Å². The fraction of sp³-hybridized carbons (Fsp3) is 0.238. The largest absolute Gasteiger partial charge is 0.497 e. The van der Waals surface area contributed by atoms with Crippen molar-refractivity contribution in [3.63, 3.8) is 0 Å². The number of carbonyl (C=O) groups is 1. The van der Waals surface area contributed by atoms with Gasteiger partial charge in [-0.1, -0.05) is 12.7 Å². The minimum Gasteiger partial charge on any atom is -0.497 e. The van der Waals surface area contributed by atoms with Crippen molar-refractivity contribution in [2.45, 2.75) is 6.92 Å². The van der Waals surface area contributed by atoms with Crippen LogP contribution in [-0.4, -0.2) is 39.6 Å². The lowest BCUT2D eigenvalue weighted by Crippen LogP contribution is -2.17. The van der Waals surface area contributed by atoms with Gasteiger partial charge in [0.15, 0.2) is 11.5 Å². The summed E-state index contributed by atoms with van der Waals surface area (Å²) in [5, 5.41) is 4.00. The molecule has 0 unspecified atom stereocenters. The average molecular weight is 384 g/mol. The Morgan fingerprint density at radius 1 is 1.07 bits per heavy atom. The maximum atomic E-state index is 12.3. The average Bonchev–Trinajstić information content (AvgIpc) is 2.72. The van der Waals surface area contributed by atoms with Gasteiger partial charge >= 0.3 is 0 Å². The predicted molar refractivity (Wildman–Crippen MR) is 108 cm³/mol. The van der Waals surface area contributed by atoms with Crippen LogP contribution in [-0.2, 0) is 0 Å². The number of amides is 1. The summed E-state index contributed by atoms with van der Waals surface area (Å²) in [6, 6.07) is 10.3. The van der Waals surface area contributed by atoms with E-state index in [0.717, 1.165) is 5.56 Å². The van der Waals surface area contributed by atoms with Crippen LogP contribution >= 0.6 is 0 Å². The Kier molecular flexibility index (Phi) is 7.90. The van der Waals surface area contributed by atoms with Gasteiger partial charge in [0.05, 0.1) is 27.0 Å². The zero-order valence-electron chi connectivity index (χ0n) is 16.2. The predicted octanol–water partition coefficient (Wildman–Crippen LogP) is 3.43. The quantitative estimate of drug-likeness (QED) is 0.386. The maximum Gasteiger partial charge on any atom is 0.271 e. The molecule has 2 aromatic rings. The van der Waals surface area contributed by atoms with E-state index in [0.29, 0.717) is 41.8 Å². The molecule has 7 heteroatoms.